The van der Waals surface area contributed by atoms with Crippen molar-refractivity contribution < 1.29 is 37.0 Å². The summed E-state index contributed by atoms with van der Waals surface area (Å²) in [6.07, 6.45) is -5.62. The van der Waals surface area contributed by atoms with Crippen molar-refractivity contribution in [3.05, 3.63) is 95.6 Å². The van der Waals surface area contributed by atoms with Crippen molar-refractivity contribution in [1.29, 1.82) is 0 Å². The lowest BCUT2D eigenvalue weighted by atomic mass is 9.98. The Labute approximate surface area is 212 Å². The molecule has 0 aliphatic carbocycles. The third kappa shape index (κ3) is 7.57. The molecule has 3 aromatic carbocycles. The summed E-state index contributed by atoms with van der Waals surface area (Å²) in [5.41, 5.74) is 3.05. The molecule has 4 rings (SSSR count). The van der Waals surface area contributed by atoms with Gasteiger partial charge >= 0.3 is 18.1 Å². The molecule has 1 aliphatic rings. The number of hydrogen-bond donors (Lipinski definition) is 0. The second kappa shape index (κ2) is 11.9. The van der Waals surface area contributed by atoms with E-state index in [1.165, 1.54) is 11.1 Å². The number of rotatable bonds is 10. The molecule has 0 aromatic heterocycles. The van der Waals surface area contributed by atoms with E-state index in [0.717, 1.165) is 13.1 Å². The first-order valence-electron chi connectivity index (χ1n) is 11.8. The Balaban J connectivity index is 1.32. The first-order valence-corrected chi connectivity index (χ1v) is 11.8. The molecule has 9 heteroatoms. The summed E-state index contributed by atoms with van der Waals surface area (Å²) >= 11 is 0. The number of alkyl halides is 3. The maximum absolute atomic E-state index is 12.3. The lowest BCUT2D eigenvalue weighted by Gasteiger charge is -2.23. The van der Waals surface area contributed by atoms with Gasteiger partial charge in [-0.15, -0.1) is 0 Å². The first-order chi connectivity index (χ1) is 17.8. The van der Waals surface area contributed by atoms with Crippen LogP contribution in [0.5, 0.6) is 11.5 Å². The Hall–Kier alpha value is -3.85. The Kier molecular flexibility index (Phi) is 8.45. The fourth-order valence-corrected chi connectivity index (χ4v) is 4.11. The molecule has 1 aliphatic heterocycles. The second-order valence-corrected chi connectivity index (χ2v) is 8.70. The molecule has 37 heavy (non-hydrogen) atoms. The average Bonchev–Trinajstić information content (AvgIpc) is 3.26. The summed E-state index contributed by atoms with van der Waals surface area (Å²) in [6.45, 7) is 2.72. The molecular weight excluding hydrogens is 487 g/mol. The number of hydrogen-bond acceptors (Lipinski definition) is 6. The molecule has 0 radical (unpaired) electrons. The van der Waals surface area contributed by atoms with E-state index >= 15 is 0 Å². The van der Waals surface area contributed by atoms with Crippen LogP contribution in [0, 0.1) is 0 Å². The highest BCUT2D eigenvalue weighted by atomic mass is 19.4. The molecule has 1 heterocycles. The predicted molar refractivity (Wildman–Crippen MR) is 129 cm³/mol. The molecule has 1 unspecified atom stereocenters. The van der Waals surface area contributed by atoms with E-state index in [1.807, 2.05) is 36.4 Å². The van der Waals surface area contributed by atoms with Gasteiger partial charge in [-0.3, -0.25) is 9.69 Å². The highest BCUT2D eigenvalue weighted by molar-refractivity contribution is 5.88. The minimum atomic E-state index is -5.22. The molecule has 0 saturated carbocycles. The zero-order chi connectivity index (χ0) is 26.3. The summed E-state index contributed by atoms with van der Waals surface area (Å²) in [5, 5.41) is 0. The van der Waals surface area contributed by atoms with Crippen LogP contribution in [0.15, 0.2) is 78.9 Å². The molecule has 0 fully saturated rings. The van der Waals surface area contributed by atoms with Crippen molar-refractivity contribution in [2.75, 3.05) is 19.8 Å². The number of fused-ring (bicyclic) bond motifs is 1. The number of esters is 2. The topological polar surface area (TPSA) is 65.1 Å². The third-order valence-corrected chi connectivity index (χ3v) is 5.89. The predicted octanol–water partition coefficient (Wildman–Crippen LogP) is 5.27. The van der Waals surface area contributed by atoms with Crippen LogP contribution in [-0.2, 0) is 27.4 Å². The fourth-order valence-electron chi connectivity index (χ4n) is 4.11. The van der Waals surface area contributed by atoms with E-state index in [-0.39, 0.29) is 6.61 Å². The summed E-state index contributed by atoms with van der Waals surface area (Å²) in [4.78, 5) is 24.9. The first kappa shape index (κ1) is 26.2. The molecule has 6 nitrogen and oxygen atoms in total. The zero-order valence-electron chi connectivity index (χ0n) is 19.9. The van der Waals surface area contributed by atoms with Crippen LogP contribution >= 0.6 is 0 Å². The Morgan fingerprint density at radius 3 is 2.14 bits per heavy atom. The quantitative estimate of drug-likeness (QED) is 0.272. The lowest BCUT2D eigenvalue weighted by molar-refractivity contribution is -0.202. The largest absolute Gasteiger partial charge is 0.492 e. The van der Waals surface area contributed by atoms with Crippen molar-refractivity contribution in [2.24, 2.45) is 0 Å². The minimum absolute atomic E-state index is 0.0933. The number of halogens is 3. The van der Waals surface area contributed by atoms with E-state index < -0.39 is 30.5 Å². The van der Waals surface area contributed by atoms with Gasteiger partial charge in [0.15, 0.2) is 0 Å². The van der Waals surface area contributed by atoms with E-state index in [0.29, 0.717) is 30.2 Å². The maximum Gasteiger partial charge on any atom is 0.491 e. The zero-order valence-corrected chi connectivity index (χ0v) is 19.9. The minimum Gasteiger partial charge on any atom is -0.492 e. The summed E-state index contributed by atoms with van der Waals surface area (Å²) in [7, 11) is 0. The molecule has 0 saturated heterocycles. The normalized spacial score (nSPS) is 14.6. The highest BCUT2D eigenvalue weighted by Crippen LogP contribution is 2.38. The standard InChI is InChI=1S/C28H26F3NO5/c29-28(30,31)27(34)37-26(33)15-22-19-36-25-16-23(11-12-24(22)25)35-14-13-32(17-20-7-3-1-4-8-20)18-21-9-5-2-6-10-21/h1-12,16,22H,13-15,17-19H2. The molecule has 1 atom stereocenters. The lowest BCUT2D eigenvalue weighted by Crippen LogP contribution is -2.28. The van der Waals surface area contributed by atoms with Crippen LogP contribution in [0.4, 0.5) is 13.2 Å². The molecule has 0 bridgehead atoms. The van der Waals surface area contributed by atoms with Crippen molar-refractivity contribution in [3.8, 4) is 11.5 Å². The average molecular weight is 514 g/mol. The fraction of sp³-hybridized carbons (Fsp3) is 0.286. The number of benzene rings is 3. The van der Waals surface area contributed by atoms with E-state index in [9.17, 15) is 22.8 Å². The number of carbonyl (C=O) groups excluding carboxylic acids is 2. The SMILES string of the molecule is O=C(CC1COc2cc(OCCN(Cc3ccccc3)Cc3ccccc3)ccc21)OC(=O)C(F)(F)F. The second-order valence-electron chi connectivity index (χ2n) is 8.70. The van der Waals surface area contributed by atoms with Crippen LogP contribution in [0.2, 0.25) is 0 Å². The van der Waals surface area contributed by atoms with Crippen LogP contribution in [0.3, 0.4) is 0 Å². The van der Waals surface area contributed by atoms with Gasteiger partial charge in [-0.2, -0.15) is 13.2 Å². The van der Waals surface area contributed by atoms with Gasteiger partial charge in [-0.05, 0) is 17.2 Å². The van der Waals surface area contributed by atoms with Crippen molar-refractivity contribution in [3.63, 3.8) is 0 Å². The van der Waals surface area contributed by atoms with Gasteiger partial charge in [0, 0.05) is 37.2 Å². The molecule has 0 amide bonds. The van der Waals surface area contributed by atoms with Gasteiger partial charge in [-0.25, -0.2) is 4.79 Å². The number of nitrogens with zero attached hydrogens (tertiary/aromatic N) is 1. The monoisotopic (exact) mass is 513 g/mol. The van der Waals surface area contributed by atoms with Crippen molar-refractivity contribution >= 4 is 11.9 Å². The Morgan fingerprint density at radius 1 is 0.919 bits per heavy atom. The van der Waals surface area contributed by atoms with Gasteiger partial charge in [-0.1, -0.05) is 66.7 Å². The molecule has 0 N–H and O–H groups in total. The van der Waals surface area contributed by atoms with Gasteiger partial charge < -0.3 is 14.2 Å². The van der Waals surface area contributed by atoms with E-state index in [4.69, 9.17) is 9.47 Å². The Morgan fingerprint density at radius 2 is 1.54 bits per heavy atom. The smallest absolute Gasteiger partial charge is 0.491 e. The van der Waals surface area contributed by atoms with Crippen LogP contribution < -0.4 is 9.47 Å². The molecule has 194 valence electrons. The number of ether oxygens (including phenoxy) is 3. The number of carbonyl (C=O) groups is 2. The van der Waals surface area contributed by atoms with Crippen LogP contribution in [0.25, 0.3) is 0 Å². The van der Waals surface area contributed by atoms with Gasteiger partial charge in [0.05, 0.1) is 13.0 Å². The summed E-state index contributed by atoms with van der Waals surface area (Å²) in [6, 6.07) is 25.5. The summed E-state index contributed by atoms with van der Waals surface area (Å²) < 4.78 is 52.4. The third-order valence-electron chi connectivity index (χ3n) is 5.89. The van der Waals surface area contributed by atoms with Crippen LogP contribution in [0.1, 0.15) is 29.0 Å². The van der Waals surface area contributed by atoms with Crippen molar-refractivity contribution in [2.45, 2.75) is 31.6 Å². The van der Waals surface area contributed by atoms with E-state index in [1.54, 1.807) is 18.2 Å². The van der Waals surface area contributed by atoms with Crippen molar-refractivity contribution in [1.82, 2.24) is 4.90 Å². The maximum atomic E-state index is 12.3. The Bertz CT molecular complexity index is 1160. The van der Waals surface area contributed by atoms with Gasteiger partial charge in [0.1, 0.15) is 18.1 Å². The van der Waals surface area contributed by atoms with E-state index in [2.05, 4.69) is 33.9 Å². The van der Waals surface area contributed by atoms with Gasteiger partial charge in [0.25, 0.3) is 0 Å². The molecule has 3 aromatic rings. The van der Waals surface area contributed by atoms with Crippen LogP contribution in [-0.4, -0.2) is 42.8 Å². The van der Waals surface area contributed by atoms with Gasteiger partial charge in [0.2, 0.25) is 0 Å². The highest BCUT2D eigenvalue weighted by Gasteiger charge is 2.43. The summed E-state index contributed by atoms with van der Waals surface area (Å²) in [5.74, 6) is -3.21. The molecule has 0 spiro atoms. The molecular formula is C28H26F3NO5.